The lowest BCUT2D eigenvalue weighted by Crippen LogP contribution is -1.95. The fourth-order valence-corrected chi connectivity index (χ4v) is 2.64. The summed E-state index contributed by atoms with van der Waals surface area (Å²) >= 11 is 0. The Labute approximate surface area is 143 Å². The molecule has 0 aliphatic rings. The Balaban J connectivity index is 1.62. The van der Waals surface area contributed by atoms with Crippen LogP contribution in [0.1, 0.15) is 11.3 Å². The number of nitriles is 1. The van der Waals surface area contributed by atoms with Gasteiger partial charge in [-0.25, -0.2) is 4.98 Å². The smallest absolute Gasteiger partial charge is 0.136 e. The van der Waals surface area contributed by atoms with Gasteiger partial charge < -0.3 is 13.7 Å². The Morgan fingerprint density at radius 3 is 3.00 bits per heavy atom. The van der Waals surface area contributed by atoms with Gasteiger partial charge in [-0.15, -0.1) is 0 Å². The predicted molar refractivity (Wildman–Crippen MR) is 91.7 cm³/mol. The summed E-state index contributed by atoms with van der Waals surface area (Å²) in [7, 11) is 1.92. The number of hydrogen-bond acceptors (Lipinski definition) is 5. The molecule has 0 bridgehead atoms. The number of imidazole rings is 1. The van der Waals surface area contributed by atoms with E-state index in [0.717, 1.165) is 28.0 Å². The molecule has 0 radical (unpaired) electrons. The zero-order valence-corrected chi connectivity index (χ0v) is 13.5. The first-order valence-electron chi connectivity index (χ1n) is 7.70. The van der Waals surface area contributed by atoms with Crippen molar-refractivity contribution < 1.29 is 9.15 Å². The average Bonchev–Trinajstić information content (AvgIpc) is 3.25. The molecule has 0 amide bonds. The van der Waals surface area contributed by atoms with Gasteiger partial charge in [-0.3, -0.25) is 4.98 Å². The lowest BCUT2D eigenvalue weighted by atomic mass is 10.1. The number of fused-ring (bicyclic) bond motifs is 1. The Kier molecular flexibility index (Phi) is 3.67. The molecule has 0 aliphatic carbocycles. The molecule has 0 saturated carbocycles. The Morgan fingerprint density at radius 2 is 2.20 bits per heavy atom. The molecule has 0 N–H and O–H groups in total. The van der Waals surface area contributed by atoms with E-state index in [1.807, 2.05) is 42.1 Å². The number of hydrogen-bond donors (Lipinski definition) is 0. The van der Waals surface area contributed by atoms with Crippen molar-refractivity contribution in [1.29, 1.82) is 5.26 Å². The van der Waals surface area contributed by atoms with Crippen LogP contribution in [0.5, 0.6) is 5.75 Å². The van der Waals surface area contributed by atoms with Crippen LogP contribution in [0.3, 0.4) is 0 Å². The molecule has 0 unspecified atom stereocenters. The van der Waals surface area contributed by atoms with Gasteiger partial charge in [-0.05, 0) is 30.3 Å². The normalized spacial score (nSPS) is 10.7. The van der Waals surface area contributed by atoms with Crippen LogP contribution >= 0.6 is 0 Å². The van der Waals surface area contributed by atoms with Crippen molar-refractivity contribution in [3.63, 3.8) is 0 Å². The van der Waals surface area contributed by atoms with Gasteiger partial charge >= 0.3 is 0 Å². The quantitative estimate of drug-likeness (QED) is 0.570. The molecule has 122 valence electrons. The fourth-order valence-electron chi connectivity index (χ4n) is 2.64. The van der Waals surface area contributed by atoms with E-state index in [0.29, 0.717) is 17.9 Å². The molecule has 0 saturated heterocycles. The molecule has 6 heteroatoms. The molecule has 0 aliphatic heterocycles. The molecule has 0 spiro atoms. The summed E-state index contributed by atoms with van der Waals surface area (Å²) in [5, 5.41) is 10.1. The molecule has 3 heterocycles. The van der Waals surface area contributed by atoms with E-state index < -0.39 is 0 Å². The van der Waals surface area contributed by atoms with Crippen LogP contribution in [-0.2, 0) is 13.7 Å². The number of pyridine rings is 1. The number of aryl methyl sites for hydroxylation is 1. The summed E-state index contributed by atoms with van der Waals surface area (Å²) in [6.07, 6.45) is 6.84. The number of nitrogens with zero attached hydrogens (tertiary/aromatic N) is 4. The van der Waals surface area contributed by atoms with Crippen molar-refractivity contribution in [1.82, 2.24) is 14.5 Å². The van der Waals surface area contributed by atoms with Crippen LogP contribution in [-0.4, -0.2) is 14.5 Å². The van der Waals surface area contributed by atoms with Gasteiger partial charge in [-0.1, -0.05) is 0 Å². The monoisotopic (exact) mass is 330 g/mol. The summed E-state index contributed by atoms with van der Waals surface area (Å²) < 4.78 is 13.5. The van der Waals surface area contributed by atoms with Gasteiger partial charge in [-0.2, -0.15) is 5.26 Å². The van der Waals surface area contributed by atoms with Crippen LogP contribution in [0.2, 0.25) is 0 Å². The van der Waals surface area contributed by atoms with Gasteiger partial charge in [0, 0.05) is 36.6 Å². The van der Waals surface area contributed by atoms with Crippen molar-refractivity contribution in [3.05, 3.63) is 66.5 Å². The molecule has 4 rings (SSSR count). The lowest BCUT2D eigenvalue weighted by molar-refractivity contribution is 0.302. The minimum atomic E-state index is 0.403. The largest absolute Gasteiger partial charge is 0.487 e. The first-order valence-corrected chi connectivity index (χ1v) is 7.70. The van der Waals surface area contributed by atoms with Gasteiger partial charge in [0.05, 0.1) is 17.6 Å². The van der Waals surface area contributed by atoms with Crippen LogP contribution in [0.4, 0.5) is 0 Å². The zero-order chi connectivity index (χ0) is 17.2. The second-order valence-corrected chi connectivity index (χ2v) is 5.66. The summed E-state index contributed by atoms with van der Waals surface area (Å²) in [6, 6.07) is 11.4. The third kappa shape index (κ3) is 2.95. The van der Waals surface area contributed by atoms with Gasteiger partial charge in [0.1, 0.15) is 29.8 Å². The van der Waals surface area contributed by atoms with Crippen molar-refractivity contribution in [3.8, 4) is 23.1 Å². The zero-order valence-electron chi connectivity index (χ0n) is 13.5. The highest BCUT2D eigenvalue weighted by atomic mass is 16.5. The molecular weight excluding hydrogens is 316 g/mol. The Morgan fingerprint density at radius 1 is 1.28 bits per heavy atom. The first kappa shape index (κ1) is 15.0. The molecule has 4 aromatic rings. The number of aromatic nitrogens is 3. The van der Waals surface area contributed by atoms with Crippen LogP contribution in [0.25, 0.3) is 22.3 Å². The molecule has 25 heavy (non-hydrogen) atoms. The van der Waals surface area contributed by atoms with Crippen molar-refractivity contribution >= 4 is 11.0 Å². The fraction of sp³-hybridized carbons (Fsp3) is 0.105. The number of furan rings is 1. The minimum Gasteiger partial charge on any atom is -0.487 e. The average molecular weight is 330 g/mol. The minimum absolute atomic E-state index is 0.403. The van der Waals surface area contributed by atoms with Gasteiger partial charge in [0.15, 0.2) is 0 Å². The highest BCUT2D eigenvalue weighted by molar-refractivity contribution is 5.85. The van der Waals surface area contributed by atoms with Crippen LogP contribution in [0, 0.1) is 11.3 Å². The first-order chi connectivity index (χ1) is 12.2. The van der Waals surface area contributed by atoms with Crippen molar-refractivity contribution in [2.75, 3.05) is 0 Å². The second kappa shape index (κ2) is 6.13. The molecule has 0 fully saturated rings. The SMILES string of the molecule is Cn1cnc(COc2ccc3oc(-c4ccncc4C#N)cc3c2)c1. The Bertz CT molecular complexity index is 1090. The molecule has 0 atom stereocenters. The van der Waals surface area contributed by atoms with Crippen LogP contribution in [0.15, 0.2) is 59.7 Å². The van der Waals surface area contributed by atoms with E-state index >= 15 is 0 Å². The molecule has 3 aromatic heterocycles. The van der Waals surface area contributed by atoms with E-state index in [-0.39, 0.29) is 0 Å². The number of benzene rings is 1. The topological polar surface area (TPSA) is 76.9 Å². The van der Waals surface area contributed by atoms with E-state index in [2.05, 4.69) is 16.0 Å². The third-order valence-corrected chi connectivity index (χ3v) is 3.84. The van der Waals surface area contributed by atoms with Crippen LogP contribution < -0.4 is 4.74 Å². The van der Waals surface area contributed by atoms with E-state index in [1.165, 1.54) is 6.20 Å². The summed E-state index contributed by atoms with van der Waals surface area (Å²) in [4.78, 5) is 8.21. The van der Waals surface area contributed by atoms with Crippen molar-refractivity contribution in [2.45, 2.75) is 6.61 Å². The lowest BCUT2D eigenvalue weighted by Gasteiger charge is -2.03. The summed E-state index contributed by atoms with van der Waals surface area (Å²) in [5.74, 6) is 1.37. The molecular formula is C19H14N4O2. The highest BCUT2D eigenvalue weighted by Crippen LogP contribution is 2.31. The highest BCUT2D eigenvalue weighted by Gasteiger charge is 2.11. The second-order valence-electron chi connectivity index (χ2n) is 5.66. The standard InChI is InChI=1S/C19H14N4O2/c1-23-10-15(22-12-23)11-24-16-2-3-18-13(6-16)7-19(25-18)17-4-5-21-9-14(17)8-20/h2-7,9-10,12H,11H2,1H3. The molecule has 6 nitrogen and oxygen atoms in total. The van der Waals surface area contributed by atoms with E-state index in [9.17, 15) is 5.26 Å². The third-order valence-electron chi connectivity index (χ3n) is 3.84. The Hall–Kier alpha value is -3.59. The maximum Gasteiger partial charge on any atom is 0.136 e. The maximum atomic E-state index is 9.22. The number of rotatable bonds is 4. The summed E-state index contributed by atoms with van der Waals surface area (Å²) in [5.41, 5.74) is 2.81. The predicted octanol–water partition coefficient (Wildman–Crippen LogP) is 3.68. The molecule has 1 aromatic carbocycles. The van der Waals surface area contributed by atoms with E-state index in [4.69, 9.17) is 9.15 Å². The van der Waals surface area contributed by atoms with Gasteiger partial charge in [0.25, 0.3) is 0 Å². The summed E-state index contributed by atoms with van der Waals surface area (Å²) in [6.45, 7) is 0.403. The van der Waals surface area contributed by atoms with Crippen molar-refractivity contribution in [2.24, 2.45) is 7.05 Å². The van der Waals surface area contributed by atoms with E-state index in [1.54, 1.807) is 18.6 Å². The maximum absolute atomic E-state index is 9.22. The van der Waals surface area contributed by atoms with Gasteiger partial charge in [0.2, 0.25) is 0 Å². The number of ether oxygens (including phenoxy) is 1.